The smallest absolute Gasteiger partial charge is 0.250 e. The Kier molecular flexibility index (Phi) is 7.01. The van der Waals surface area contributed by atoms with E-state index in [0.29, 0.717) is 24.5 Å². The molecular formula is C17H22N2O5S2. The molecule has 1 aromatic carbocycles. The zero-order valence-corrected chi connectivity index (χ0v) is 16.5. The lowest BCUT2D eigenvalue weighted by Gasteiger charge is -2.10. The average Bonchev–Trinajstić information content (AvgIpc) is 3.07. The summed E-state index contributed by atoms with van der Waals surface area (Å²) in [5, 5.41) is 2.69. The van der Waals surface area contributed by atoms with Gasteiger partial charge in [-0.1, -0.05) is 6.07 Å². The highest BCUT2D eigenvalue weighted by atomic mass is 32.2. The summed E-state index contributed by atoms with van der Waals surface area (Å²) < 4.78 is 37.1. The summed E-state index contributed by atoms with van der Waals surface area (Å²) in [6, 6.07) is 8.77. The molecule has 0 unspecified atom stereocenters. The van der Waals surface area contributed by atoms with E-state index in [4.69, 9.17) is 9.47 Å². The third-order valence-corrected chi connectivity index (χ3v) is 6.48. The lowest BCUT2D eigenvalue weighted by Crippen LogP contribution is -2.37. The molecule has 1 heterocycles. The molecule has 0 aliphatic rings. The number of carbonyl (C=O) groups excluding carboxylic acids is 1. The minimum Gasteiger partial charge on any atom is -0.493 e. The van der Waals surface area contributed by atoms with Crippen LogP contribution in [0.5, 0.6) is 11.5 Å². The third-order valence-electron chi connectivity index (χ3n) is 3.59. The number of methoxy groups -OCH3 is 2. The van der Waals surface area contributed by atoms with E-state index < -0.39 is 10.0 Å². The van der Waals surface area contributed by atoms with Gasteiger partial charge in [0.05, 0.1) is 20.8 Å². The zero-order valence-electron chi connectivity index (χ0n) is 14.9. The van der Waals surface area contributed by atoms with Crippen molar-refractivity contribution in [3.8, 4) is 11.5 Å². The number of rotatable bonds is 9. The summed E-state index contributed by atoms with van der Waals surface area (Å²) >= 11 is 1.16. The van der Waals surface area contributed by atoms with Gasteiger partial charge in [0.25, 0.3) is 10.0 Å². The fourth-order valence-electron chi connectivity index (χ4n) is 2.23. The predicted molar refractivity (Wildman–Crippen MR) is 101 cm³/mol. The molecule has 0 aliphatic heterocycles. The monoisotopic (exact) mass is 398 g/mol. The second-order valence-corrected chi connectivity index (χ2v) is 8.76. The topological polar surface area (TPSA) is 93.7 Å². The summed E-state index contributed by atoms with van der Waals surface area (Å²) in [7, 11) is -0.525. The minimum atomic E-state index is -3.65. The molecule has 0 saturated heterocycles. The van der Waals surface area contributed by atoms with E-state index >= 15 is 0 Å². The molecule has 1 amide bonds. The number of ether oxygens (including phenoxy) is 2. The van der Waals surface area contributed by atoms with Gasteiger partial charge in [-0.25, -0.2) is 13.1 Å². The van der Waals surface area contributed by atoms with Crippen molar-refractivity contribution in [3.05, 3.63) is 40.8 Å². The van der Waals surface area contributed by atoms with Gasteiger partial charge in [-0.2, -0.15) is 0 Å². The van der Waals surface area contributed by atoms with Gasteiger partial charge >= 0.3 is 0 Å². The Hall–Kier alpha value is -2.10. The lowest BCUT2D eigenvalue weighted by atomic mass is 10.1. The van der Waals surface area contributed by atoms with Gasteiger partial charge in [0, 0.05) is 11.4 Å². The first kappa shape index (κ1) is 20.2. The summed E-state index contributed by atoms with van der Waals surface area (Å²) in [6.07, 6.45) is 0.586. The van der Waals surface area contributed by atoms with Gasteiger partial charge in [0.15, 0.2) is 11.5 Å². The minimum absolute atomic E-state index is 0.202. The maximum atomic E-state index is 12.1. The summed E-state index contributed by atoms with van der Waals surface area (Å²) in [5.41, 5.74) is 0.970. The number of hydrogen-bond acceptors (Lipinski definition) is 6. The number of hydrogen-bond donors (Lipinski definition) is 2. The van der Waals surface area contributed by atoms with Crippen LogP contribution in [-0.4, -0.2) is 41.6 Å². The van der Waals surface area contributed by atoms with Gasteiger partial charge in [0.2, 0.25) is 5.91 Å². The third kappa shape index (κ3) is 5.45. The molecule has 0 atom stereocenters. The molecule has 26 heavy (non-hydrogen) atoms. The van der Waals surface area contributed by atoms with Crippen molar-refractivity contribution in [1.29, 1.82) is 0 Å². The Labute approximate surface area is 157 Å². The quantitative estimate of drug-likeness (QED) is 0.671. The standard InChI is InChI=1S/C17H22N2O5S2/c1-12-4-7-17(25-12)26(21,22)19-11-16(20)18-9-8-13-5-6-14(23-2)15(10-13)24-3/h4-7,10,19H,8-9,11H2,1-3H3,(H,18,20). The van der Waals surface area contributed by atoms with Crippen molar-refractivity contribution >= 4 is 27.3 Å². The largest absolute Gasteiger partial charge is 0.493 e. The molecule has 2 rings (SSSR count). The van der Waals surface area contributed by atoms with Crippen LogP contribution >= 0.6 is 11.3 Å². The predicted octanol–water partition coefficient (Wildman–Crippen LogP) is 1.71. The second kappa shape index (κ2) is 9.02. The van der Waals surface area contributed by atoms with Crippen LogP contribution in [0.25, 0.3) is 0 Å². The second-order valence-electron chi connectivity index (χ2n) is 5.48. The lowest BCUT2D eigenvalue weighted by molar-refractivity contribution is -0.119. The van der Waals surface area contributed by atoms with Crippen molar-refractivity contribution < 1.29 is 22.7 Å². The van der Waals surface area contributed by atoms with Gasteiger partial charge in [0.1, 0.15) is 4.21 Å². The number of carbonyl (C=O) groups is 1. The van der Waals surface area contributed by atoms with Crippen molar-refractivity contribution in [1.82, 2.24) is 10.0 Å². The van der Waals surface area contributed by atoms with Crippen molar-refractivity contribution in [2.45, 2.75) is 17.6 Å². The molecule has 0 aliphatic carbocycles. The molecule has 0 bridgehead atoms. The van der Waals surface area contributed by atoms with E-state index in [9.17, 15) is 13.2 Å². The number of nitrogens with one attached hydrogen (secondary N) is 2. The van der Waals surface area contributed by atoms with Crippen LogP contribution < -0.4 is 19.5 Å². The van der Waals surface area contributed by atoms with Crippen LogP contribution in [0, 0.1) is 6.92 Å². The van der Waals surface area contributed by atoms with Crippen LogP contribution in [0.15, 0.2) is 34.5 Å². The molecule has 7 nitrogen and oxygen atoms in total. The van der Waals surface area contributed by atoms with Gasteiger partial charge in [-0.3, -0.25) is 4.79 Å². The van der Waals surface area contributed by atoms with Crippen LogP contribution in [0.4, 0.5) is 0 Å². The Balaban J connectivity index is 1.80. The number of thiophene rings is 1. The van der Waals surface area contributed by atoms with E-state index in [2.05, 4.69) is 10.0 Å². The number of aryl methyl sites for hydroxylation is 1. The Morgan fingerprint density at radius 2 is 1.85 bits per heavy atom. The molecule has 0 saturated carbocycles. The average molecular weight is 399 g/mol. The normalized spacial score (nSPS) is 11.2. The van der Waals surface area contributed by atoms with Crippen molar-refractivity contribution in [3.63, 3.8) is 0 Å². The van der Waals surface area contributed by atoms with E-state index in [0.717, 1.165) is 21.8 Å². The molecule has 1 aromatic heterocycles. The first-order chi connectivity index (χ1) is 12.4. The Morgan fingerprint density at radius 1 is 1.12 bits per heavy atom. The highest BCUT2D eigenvalue weighted by Crippen LogP contribution is 2.27. The summed E-state index contributed by atoms with van der Waals surface area (Å²) in [4.78, 5) is 12.8. The summed E-state index contributed by atoms with van der Waals surface area (Å²) in [6.45, 7) is 1.91. The molecule has 9 heteroatoms. The highest BCUT2D eigenvalue weighted by molar-refractivity contribution is 7.91. The first-order valence-electron chi connectivity index (χ1n) is 7.89. The molecule has 0 fully saturated rings. The van der Waals surface area contributed by atoms with E-state index in [-0.39, 0.29) is 16.7 Å². The Morgan fingerprint density at radius 3 is 2.46 bits per heavy atom. The highest BCUT2D eigenvalue weighted by Gasteiger charge is 2.17. The SMILES string of the molecule is COc1ccc(CCNC(=O)CNS(=O)(=O)c2ccc(C)s2)cc1OC. The van der Waals surface area contributed by atoms with Gasteiger partial charge in [-0.05, 0) is 43.2 Å². The van der Waals surface area contributed by atoms with Crippen LogP contribution in [0.3, 0.4) is 0 Å². The zero-order chi connectivity index (χ0) is 19.2. The van der Waals surface area contributed by atoms with E-state index in [1.165, 1.54) is 6.07 Å². The van der Waals surface area contributed by atoms with Gasteiger partial charge in [-0.15, -0.1) is 11.3 Å². The molecular weight excluding hydrogens is 376 g/mol. The molecule has 2 N–H and O–H groups in total. The van der Waals surface area contributed by atoms with E-state index in [1.807, 2.05) is 19.1 Å². The number of benzene rings is 1. The molecule has 142 valence electrons. The maximum absolute atomic E-state index is 12.1. The van der Waals surface area contributed by atoms with Crippen LogP contribution in [0.2, 0.25) is 0 Å². The van der Waals surface area contributed by atoms with Crippen LogP contribution in [0.1, 0.15) is 10.4 Å². The Bertz CT molecular complexity index is 862. The molecule has 0 radical (unpaired) electrons. The van der Waals surface area contributed by atoms with Crippen molar-refractivity contribution in [2.75, 3.05) is 27.3 Å². The fourth-order valence-corrected chi connectivity index (χ4v) is 4.54. The molecule has 0 spiro atoms. The van der Waals surface area contributed by atoms with Gasteiger partial charge < -0.3 is 14.8 Å². The molecule has 2 aromatic rings. The van der Waals surface area contributed by atoms with E-state index in [1.54, 1.807) is 26.4 Å². The number of sulfonamides is 1. The summed E-state index contributed by atoms with van der Waals surface area (Å²) in [5.74, 6) is 0.871. The van der Waals surface area contributed by atoms with Crippen molar-refractivity contribution in [2.24, 2.45) is 0 Å². The first-order valence-corrected chi connectivity index (χ1v) is 10.2. The number of amides is 1. The van der Waals surface area contributed by atoms with Crippen LogP contribution in [-0.2, 0) is 21.2 Å². The maximum Gasteiger partial charge on any atom is 0.250 e. The fraction of sp³-hybridized carbons (Fsp3) is 0.353.